The highest BCUT2D eigenvalue weighted by atomic mass is 32.2. The quantitative estimate of drug-likeness (QED) is 0.422. The maximum absolute atomic E-state index is 12.6. The molecular weight excluding hydrogens is 400 g/mol. The van der Waals surface area contributed by atoms with Gasteiger partial charge in [0.05, 0.1) is 4.90 Å². The van der Waals surface area contributed by atoms with Crippen LogP contribution in [0.25, 0.3) is 0 Å². The van der Waals surface area contributed by atoms with E-state index < -0.39 is 16.1 Å². The average Bonchev–Trinajstić information content (AvgIpc) is 3.05. The number of rotatable bonds is 14. The van der Waals surface area contributed by atoms with Gasteiger partial charge in [0.25, 0.3) is 5.91 Å². The Balaban J connectivity index is 1.72. The van der Waals surface area contributed by atoms with Crippen LogP contribution >= 0.6 is 0 Å². The highest BCUT2D eigenvalue weighted by Gasteiger charge is 2.30. The van der Waals surface area contributed by atoms with Gasteiger partial charge >= 0.3 is 0 Å². The highest BCUT2D eigenvalue weighted by Crippen LogP contribution is 2.23. The third-order valence-electron chi connectivity index (χ3n) is 5.73. The van der Waals surface area contributed by atoms with Crippen molar-refractivity contribution in [2.24, 2.45) is 0 Å². The van der Waals surface area contributed by atoms with Gasteiger partial charge in [-0.3, -0.25) is 4.79 Å². The number of anilines is 1. The Morgan fingerprint density at radius 3 is 2.13 bits per heavy atom. The number of hydrogen-bond donors (Lipinski definition) is 2. The molecule has 30 heavy (non-hydrogen) atoms. The summed E-state index contributed by atoms with van der Waals surface area (Å²) >= 11 is 0. The van der Waals surface area contributed by atoms with Crippen molar-refractivity contribution in [1.82, 2.24) is 4.72 Å². The largest absolute Gasteiger partial charge is 0.383 e. The molecule has 1 fully saturated rings. The zero-order chi connectivity index (χ0) is 22.0. The van der Waals surface area contributed by atoms with Crippen molar-refractivity contribution in [1.29, 1.82) is 0 Å². The monoisotopic (exact) mass is 438 g/mol. The molecule has 0 radical (unpaired) electrons. The Morgan fingerprint density at radius 1 is 1.03 bits per heavy atom. The van der Waals surface area contributed by atoms with Crippen LogP contribution in [0.3, 0.4) is 0 Å². The number of benzene rings is 1. The minimum absolute atomic E-state index is 0.116. The minimum Gasteiger partial charge on any atom is -0.383 e. The second-order valence-corrected chi connectivity index (χ2v) is 10.1. The van der Waals surface area contributed by atoms with Crippen LogP contribution in [0, 0.1) is 0 Å². The van der Waals surface area contributed by atoms with E-state index in [1.807, 2.05) is 6.92 Å². The molecule has 1 heterocycles. The first kappa shape index (κ1) is 24.8. The highest BCUT2D eigenvalue weighted by molar-refractivity contribution is 7.89. The number of carbonyl (C=O) groups is 1. The van der Waals surface area contributed by atoms with E-state index in [2.05, 4.69) is 11.6 Å². The normalized spacial score (nSPS) is 18.2. The van der Waals surface area contributed by atoms with Gasteiger partial charge in [-0.25, -0.2) is 13.1 Å². The van der Waals surface area contributed by atoms with Gasteiger partial charge in [-0.05, 0) is 37.6 Å². The number of aliphatic hydroxyl groups is 1. The fourth-order valence-corrected chi connectivity index (χ4v) is 5.16. The molecule has 2 unspecified atom stereocenters. The molecule has 0 spiro atoms. The number of nitrogens with one attached hydrogen (secondary N) is 1. The topological polar surface area (TPSA) is 86.7 Å². The summed E-state index contributed by atoms with van der Waals surface area (Å²) in [5.74, 6) is -0.335. The van der Waals surface area contributed by atoms with E-state index in [1.165, 1.54) is 62.0 Å². The third-order valence-corrected chi connectivity index (χ3v) is 7.34. The molecular formula is C23H38N2O4S. The number of aliphatic hydroxyl groups excluding tert-OH is 1. The van der Waals surface area contributed by atoms with Crippen molar-refractivity contribution in [2.75, 3.05) is 11.4 Å². The zero-order valence-corrected chi connectivity index (χ0v) is 19.3. The number of carbonyl (C=O) groups excluding carboxylic acids is 1. The molecule has 2 N–H and O–H groups in total. The molecule has 1 aromatic carbocycles. The number of hydrogen-bond acceptors (Lipinski definition) is 4. The molecule has 1 saturated heterocycles. The van der Waals surface area contributed by atoms with Crippen LogP contribution in [-0.4, -0.2) is 38.1 Å². The Hall–Kier alpha value is -1.44. The van der Waals surface area contributed by atoms with Gasteiger partial charge in [0, 0.05) is 24.7 Å². The molecule has 7 heteroatoms. The van der Waals surface area contributed by atoms with E-state index in [1.54, 1.807) is 12.1 Å². The summed E-state index contributed by atoms with van der Waals surface area (Å²) in [5, 5.41) is 9.58. The van der Waals surface area contributed by atoms with Crippen LogP contribution in [0.1, 0.15) is 84.5 Å². The standard InChI is InChI=1S/C23H38N2O4S/c1-3-4-5-6-7-8-9-10-11-12-19(2)24-30(28,29)21-15-13-20(14-16-21)25-18-17-22(26)23(25)27/h13-16,19,22,24,26H,3-12,17-18H2,1-2H3. The number of unbranched alkanes of at least 4 members (excludes halogenated alkanes) is 8. The lowest BCUT2D eigenvalue weighted by molar-refractivity contribution is -0.123. The molecule has 0 bridgehead atoms. The van der Waals surface area contributed by atoms with Gasteiger partial charge in [0.15, 0.2) is 0 Å². The summed E-state index contributed by atoms with van der Waals surface area (Å²) < 4.78 is 28.0. The third kappa shape index (κ3) is 7.67. The lowest BCUT2D eigenvalue weighted by atomic mass is 10.1. The van der Waals surface area contributed by atoms with Crippen molar-refractivity contribution in [3.63, 3.8) is 0 Å². The molecule has 1 aliphatic heterocycles. The summed E-state index contributed by atoms with van der Waals surface area (Å²) in [7, 11) is -3.59. The lowest BCUT2D eigenvalue weighted by Gasteiger charge is -2.17. The zero-order valence-electron chi connectivity index (χ0n) is 18.5. The summed E-state index contributed by atoms with van der Waals surface area (Å²) in [6.07, 6.45) is 11.5. The predicted octanol–water partition coefficient (Wildman–Crippen LogP) is 4.37. The van der Waals surface area contributed by atoms with E-state index in [-0.39, 0.29) is 16.8 Å². The van der Waals surface area contributed by atoms with Crippen LogP contribution in [0.4, 0.5) is 5.69 Å². The lowest BCUT2D eigenvalue weighted by Crippen LogP contribution is -2.32. The van der Waals surface area contributed by atoms with E-state index in [0.717, 1.165) is 19.3 Å². The Kier molecular flexibility index (Phi) is 10.3. The van der Waals surface area contributed by atoms with Gasteiger partial charge in [0.2, 0.25) is 10.0 Å². The molecule has 2 rings (SSSR count). The molecule has 0 saturated carbocycles. The summed E-state index contributed by atoms with van der Waals surface area (Å²) in [5.41, 5.74) is 0.609. The van der Waals surface area contributed by atoms with Crippen LogP contribution in [0.2, 0.25) is 0 Å². The average molecular weight is 439 g/mol. The van der Waals surface area contributed by atoms with Gasteiger partial charge < -0.3 is 10.0 Å². The first-order chi connectivity index (χ1) is 14.3. The fraction of sp³-hybridized carbons (Fsp3) is 0.696. The fourth-order valence-electron chi connectivity index (χ4n) is 3.88. The van der Waals surface area contributed by atoms with Crippen molar-refractivity contribution in [2.45, 2.75) is 102 Å². The van der Waals surface area contributed by atoms with Gasteiger partial charge in [-0.15, -0.1) is 0 Å². The molecule has 2 atom stereocenters. The van der Waals surface area contributed by atoms with Gasteiger partial charge in [-0.1, -0.05) is 64.7 Å². The number of sulfonamides is 1. The van der Waals surface area contributed by atoms with E-state index in [9.17, 15) is 18.3 Å². The molecule has 6 nitrogen and oxygen atoms in total. The molecule has 1 aliphatic rings. The maximum atomic E-state index is 12.6. The second-order valence-electron chi connectivity index (χ2n) is 8.43. The van der Waals surface area contributed by atoms with Crippen LogP contribution in [0.15, 0.2) is 29.2 Å². The number of amides is 1. The smallest absolute Gasteiger partial charge is 0.255 e. The van der Waals surface area contributed by atoms with E-state index in [4.69, 9.17) is 0 Å². The molecule has 0 aromatic heterocycles. The molecule has 170 valence electrons. The van der Waals surface area contributed by atoms with Crippen molar-refractivity contribution in [3.8, 4) is 0 Å². The Morgan fingerprint density at radius 2 is 1.60 bits per heavy atom. The SMILES string of the molecule is CCCCCCCCCCCC(C)NS(=O)(=O)c1ccc(N2CCC(O)C2=O)cc1. The number of nitrogens with zero attached hydrogens (tertiary/aromatic N) is 1. The molecule has 1 aromatic rings. The summed E-state index contributed by atoms with van der Waals surface area (Å²) in [6, 6.07) is 6.15. The Labute approximate surface area is 182 Å². The summed E-state index contributed by atoms with van der Waals surface area (Å²) in [6.45, 7) is 4.58. The summed E-state index contributed by atoms with van der Waals surface area (Å²) in [4.78, 5) is 13.6. The minimum atomic E-state index is -3.59. The van der Waals surface area contributed by atoms with Crippen LogP contribution in [-0.2, 0) is 14.8 Å². The van der Waals surface area contributed by atoms with Crippen molar-refractivity contribution >= 4 is 21.6 Å². The Bertz CT molecular complexity index is 749. The second kappa shape index (κ2) is 12.4. The first-order valence-corrected chi connectivity index (χ1v) is 13.0. The van der Waals surface area contributed by atoms with Crippen molar-refractivity contribution in [3.05, 3.63) is 24.3 Å². The molecule has 0 aliphatic carbocycles. The van der Waals surface area contributed by atoms with Crippen molar-refractivity contribution < 1.29 is 18.3 Å². The van der Waals surface area contributed by atoms with E-state index in [0.29, 0.717) is 18.7 Å². The predicted molar refractivity (Wildman–Crippen MR) is 121 cm³/mol. The van der Waals surface area contributed by atoms with Gasteiger partial charge in [0.1, 0.15) is 6.10 Å². The van der Waals surface area contributed by atoms with Crippen LogP contribution < -0.4 is 9.62 Å². The van der Waals surface area contributed by atoms with Gasteiger partial charge in [-0.2, -0.15) is 0 Å². The van der Waals surface area contributed by atoms with E-state index >= 15 is 0 Å². The maximum Gasteiger partial charge on any atom is 0.255 e. The van der Waals surface area contributed by atoms with Crippen LogP contribution in [0.5, 0.6) is 0 Å². The molecule has 1 amide bonds. The first-order valence-electron chi connectivity index (χ1n) is 11.5.